The van der Waals surface area contributed by atoms with Gasteiger partial charge in [0.25, 0.3) is 0 Å². The average Bonchev–Trinajstić information content (AvgIpc) is 3.42. The van der Waals surface area contributed by atoms with Gasteiger partial charge in [0.05, 0.1) is 18.0 Å². The van der Waals surface area contributed by atoms with Crippen LogP contribution in [0.2, 0.25) is 0 Å². The highest BCUT2D eigenvalue weighted by atomic mass is 19.4. The molecule has 1 atom stereocenters. The van der Waals surface area contributed by atoms with E-state index in [9.17, 15) is 18.0 Å². The molecule has 4 rings (SSSR count). The first kappa shape index (κ1) is 19.9. The molecule has 0 bridgehead atoms. The van der Waals surface area contributed by atoms with Gasteiger partial charge in [-0.2, -0.15) is 18.2 Å². The van der Waals surface area contributed by atoms with E-state index < -0.39 is 11.7 Å². The first-order chi connectivity index (χ1) is 13.9. The lowest BCUT2D eigenvalue weighted by molar-refractivity contribution is -0.137. The number of nitrogens with zero attached hydrogens (tertiary/aromatic N) is 3. The van der Waals surface area contributed by atoms with Gasteiger partial charge in [-0.3, -0.25) is 9.69 Å². The summed E-state index contributed by atoms with van der Waals surface area (Å²) in [6.07, 6.45) is 0.780. The van der Waals surface area contributed by atoms with E-state index in [1.807, 2.05) is 4.90 Å². The molecule has 1 N–H and O–H groups in total. The molecule has 2 fully saturated rings. The van der Waals surface area contributed by atoms with Gasteiger partial charge in [-0.05, 0) is 37.9 Å². The van der Waals surface area contributed by atoms with E-state index in [-0.39, 0.29) is 23.2 Å². The monoisotopic (exact) mass is 408 g/mol. The fourth-order valence-electron chi connectivity index (χ4n) is 4.08. The summed E-state index contributed by atoms with van der Waals surface area (Å²) >= 11 is 0. The predicted molar refractivity (Wildman–Crippen MR) is 98.9 cm³/mol. The minimum Gasteiger partial charge on any atom is -0.352 e. The van der Waals surface area contributed by atoms with Gasteiger partial charge in [-0.15, -0.1) is 0 Å². The van der Waals surface area contributed by atoms with Gasteiger partial charge in [-0.1, -0.05) is 30.1 Å². The number of likely N-dealkylation sites (tertiary alicyclic amines) is 1. The zero-order valence-electron chi connectivity index (χ0n) is 15.9. The van der Waals surface area contributed by atoms with E-state index in [2.05, 4.69) is 15.5 Å². The van der Waals surface area contributed by atoms with Crippen LogP contribution in [-0.4, -0.2) is 46.6 Å². The summed E-state index contributed by atoms with van der Waals surface area (Å²) in [5, 5.41) is 6.94. The van der Waals surface area contributed by atoms with Crippen LogP contribution in [0.1, 0.15) is 49.5 Å². The smallest absolute Gasteiger partial charge is 0.352 e. The van der Waals surface area contributed by atoms with Crippen LogP contribution in [-0.2, 0) is 11.0 Å². The molecule has 1 saturated heterocycles. The summed E-state index contributed by atoms with van der Waals surface area (Å²) in [7, 11) is 0. The summed E-state index contributed by atoms with van der Waals surface area (Å²) in [6.45, 7) is 1.69. The quantitative estimate of drug-likeness (QED) is 0.819. The lowest BCUT2D eigenvalue weighted by Gasteiger charge is -2.17. The third kappa shape index (κ3) is 4.77. The molecular formula is C20H23F3N4O2. The van der Waals surface area contributed by atoms with Crippen LogP contribution in [0.3, 0.4) is 0 Å². The van der Waals surface area contributed by atoms with E-state index in [1.165, 1.54) is 25.0 Å². The second-order valence-electron chi connectivity index (χ2n) is 7.80. The summed E-state index contributed by atoms with van der Waals surface area (Å²) in [5.74, 6) is 0.550. The number of amides is 1. The first-order valence-corrected chi connectivity index (χ1v) is 9.91. The molecule has 9 heteroatoms. The Morgan fingerprint density at radius 2 is 2.03 bits per heavy atom. The van der Waals surface area contributed by atoms with Crippen molar-refractivity contribution in [1.82, 2.24) is 20.4 Å². The van der Waals surface area contributed by atoms with Crippen molar-refractivity contribution in [2.24, 2.45) is 0 Å². The van der Waals surface area contributed by atoms with E-state index in [0.29, 0.717) is 25.0 Å². The van der Waals surface area contributed by atoms with Crippen molar-refractivity contribution in [3.63, 3.8) is 0 Å². The number of carbonyl (C=O) groups excluding carboxylic acids is 1. The van der Waals surface area contributed by atoms with Crippen molar-refractivity contribution in [2.75, 3.05) is 19.6 Å². The minimum absolute atomic E-state index is 0.0265. The van der Waals surface area contributed by atoms with Gasteiger partial charge in [0.1, 0.15) is 0 Å². The number of hydrogen-bond acceptors (Lipinski definition) is 5. The fraction of sp³-hybridized carbons (Fsp3) is 0.550. The molecule has 1 amide bonds. The van der Waals surface area contributed by atoms with Crippen molar-refractivity contribution in [3.8, 4) is 11.4 Å². The summed E-state index contributed by atoms with van der Waals surface area (Å²) in [6, 6.07) is 5.18. The van der Waals surface area contributed by atoms with Gasteiger partial charge >= 0.3 is 6.18 Å². The normalized spacial score (nSPS) is 21.0. The summed E-state index contributed by atoms with van der Waals surface area (Å²) < 4.78 is 44.0. The molecule has 0 radical (unpaired) electrons. The number of alkyl halides is 3. The number of hydrogen-bond donors (Lipinski definition) is 1. The number of nitrogens with one attached hydrogen (secondary N) is 1. The van der Waals surface area contributed by atoms with Crippen LogP contribution in [0.5, 0.6) is 0 Å². The number of carbonyl (C=O) groups is 1. The number of aromatic nitrogens is 2. The molecule has 2 aromatic rings. The van der Waals surface area contributed by atoms with Crippen molar-refractivity contribution >= 4 is 5.91 Å². The summed E-state index contributed by atoms with van der Waals surface area (Å²) in [5.41, 5.74) is -0.484. The molecule has 29 heavy (non-hydrogen) atoms. The van der Waals surface area contributed by atoms with Crippen LogP contribution in [0.15, 0.2) is 28.8 Å². The Labute approximate surface area is 166 Å². The molecule has 1 aromatic carbocycles. The second-order valence-corrected chi connectivity index (χ2v) is 7.80. The van der Waals surface area contributed by atoms with Crippen LogP contribution in [0.25, 0.3) is 11.4 Å². The maximum atomic E-state index is 12.9. The minimum atomic E-state index is -4.42. The molecule has 1 aliphatic carbocycles. The maximum absolute atomic E-state index is 12.9. The van der Waals surface area contributed by atoms with Gasteiger partial charge in [0.15, 0.2) is 0 Å². The zero-order valence-corrected chi connectivity index (χ0v) is 15.9. The molecule has 2 aliphatic rings. The van der Waals surface area contributed by atoms with Crippen molar-refractivity contribution in [3.05, 3.63) is 35.7 Å². The Balaban J connectivity index is 1.36. The number of rotatable bonds is 5. The zero-order chi connectivity index (χ0) is 20.4. The lowest BCUT2D eigenvalue weighted by atomic mass is 10.1. The molecule has 6 nitrogen and oxygen atoms in total. The van der Waals surface area contributed by atoms with Gasteiger partial charge in [-0.25, -0.2) is 0 Å². The number of benzene rings is 1. The number of halogens is 3. The standard InChI is InChI=1S/C20H23F3N4O2/c21-20(22,23)15-5-3-4-13(10-15)18-25-19(29-26-18)14-8-9-27(11-14)12-17(28)24-16-6-1-2-7-16/h3-5,10,14,16H,1-2,6-9,11-12H2,(H,24,28)/t14-/m1/s1. The Kier molecular flexibility index (Phi) is 5.58. The molecule has 1 saturated carbocycles. The third-order valence-electron chi connectivity index (χ3n) is 5.60. The Bertz CT molecular complexity index is 861. The molecule has 1 aromatic heterocycles. The maximum Gasteiger partial charge on any atom is 0.416 e. The Morgan fingerprint density at radius 3 is 2.79 bits per heavy atom. The molecule has 0 unspecified atom stereocenters. The fourth-order valence-corrected chi connectivity index (χ4v) is 4.08. The van der Waals surface area contributed by atoms with Crippen LogP contribution in [0.4, 0.5) is 13.2 Å². The van der Waals surface area contributed by atoms with Gasteiger partial charge in [0.2, 0.25) is 17.6 Å². The van der Waals surface area contributed by atoms with Crippen molar-refractivity contribution in [2.45, 2.75) is 50.2 Å². The third-order valence-corrected chi connectivity index (χ3v) is 5.60. The highest BCUT2D eigenvalue weighted by molar-refractivity contribution is 5.78. The van der Waals surface area contributed by atoms with Gasteiger partial charge in [0, 0.05) is 18.2 Å². The summed E-state index contributed by atoms with van der Waals surface area (Å²) in [4.78, 5) is 18.6. The lowest BCUT2D eigenvalue weighted by Crippen LogP contribution is -2.40. The van der Waals surface area contributed by atoms with E-state index >= 15 is 0 Å². The SMILES string of the molecule is O=C(CN1CC[C@@H](c2nc(-c3cccc(C(F)(F)F)c3)no2)C1)NC1CCCC1. The van der Waals surface area contributed by atoms with Crippen LogP contribution >= 0.6 is 0 Å². The predicted octanol–water partition coefficient (Wildman–Crippen LogP) is 3.60. The van der Waals surface area contributed by atoms with Gasteiger partial charge < -0.3 is 9.84 Å². The largest absolute Gasteiger partial charge is 0.416 e. The topological polar surface area (TPSA) is 71.3 Å². The Hall–Kier alpha value is -2.42. The van der Waals surface area contributed by atoms with Crippen LogP contribution < -0.4 is 5.32 Å². The molecular weight excluding hydrogens is 385 g/mol. The van der Waals surface area contributed by atoms with Crippen LogP contribution in [0, 0.1) is 0 Å². The molecule has 1 aliphatic heterocycles. The van der Waals surface area contributed by atoms with E-state index in [1.54, 1.807) is 0 Å². The second kappa shape index (κ2) is 8.14. The highest BCUT2D eigenvalue weighted by Gasteiger charge is 2.32. The van der Waals surface area contributed by atoms with E-state index in [0.717, 1.165) is 37.9 Å². The molecule has 2 heterocycles. The Morgan fingerprint density at radius 1 is 1.24 bits per heavy atom. The van der Waals surface area contributed by atoms with E-state index in [4.69, 9.17) is 4.52 Å². The molecule has 0 spiro atoms. The molecule has 156 valence electrons. The highest BCUT2D eigenvalue weighted by Crippen LogP contribution is 2.32. The van der Waals surface area contributed by atoms with Crippen molar-refractivity contribution < 1.29 is 22.5 Å². The van der Waals surface area contributed by atoms with Crippen molar-refractivity contribution in [1.29, 1.82) is 0 Å². The first-order valence-electron chi connectivity index (χ1n) is 9.91. The average molecular weight is 408 g/mol.